The number of ether oxygens (including phenoxy) is 2. The zero-order chi connectivity index (χ0) is 11.8. The van der Waals surface area contributed by atoms with Gasteiger partial charge in [-0.25, -0.2) is 0 Å². The molecule has 1 rings (SSSR count). The highest BCUT2D eigenvalue weighted by atomic mass is 32.2. The van der Waals surface area contributed by atoms with E-state index in [-0.39, 0.29) is 5.97 Å². The highest BCUT2D eigenvalue weighted by molar-refractivity contribution is 7.99. The molecule has 0 aliphatic rings. The molecule has 0 unspecified atom stereocenters. The molecule has 0 saturated carbocycles. The summed E-state index contributed by atoms with van der Waals surface area (Å²) < 4.78 is 9.97. The number of nitrogens with two attached hydrogens (primary N) is 1. The van der Waals surface area contributed by atoms with Gasteiger partial charge in [0.2, 0.25) is 0 Å². The van der Waals surface area contributed by atoms with Crippen LogP contribution in [0.5, 0.6) is 5.75 Å². The van der Waals surface area contributed by atoms with E-state index < -0.39 is 0 Å². The van der Waals surface area contributed by atoms with E-state index in [0.717, 1.165) is 5.75 Å². The Labute approximate surface area is 99.1 Å². The van der Waals surface area contributed by atoms with Gasteiger partial charge in [0.1, 0.15) is 5.75 Å². The van der Waals surface area contributed by atoms with Gasteiger partial charge in [-0.2, -0.15) is 0 Å². The second-order valence-corrected chi connectivity index (χ2v) is 4.12. The number of para-hydroxylation sites is 2. The SMILES string of the molecule is COC(=O)CSCCOc1ccccc1N. The number of methoxy groups -OCH3 is 1. The summed E-state index contributed by atoms with van der Waals surface area (Å²) in [5.74, 6) is 1.54. The summed E-state index contributed by atoms with van der Waals surface area (Å²) in [4.78, 5) is 10.8. The lowest BCUT2D eigenvalue weighted by Gasteiger charge is -2.07. The molecular formula is C11H15NO3S. The first-order chi connectivity index (χ1) is 7.74. The van der Waals surface area contributed by atoms with Crippen LogP contribution in [0, 0.1) is 0 Å². The lowest BCUT2D eigenvalue weighted by Crippen LogP contribution is -2.07. The summed E-state index contributed by atoms with van der Waals surface area (Å²) in [6, 6.07) is 7.33. The van der Waals surface area contributed by atoms with Gasteiger partial charge < -0.3 is 15.2 Å². The fourth-order valence-corrected chi connectivity index (χ4v) is 1.67. The molecule has 0 heterocycles. The molecule has 0 radical (unpaired) electrons. The lowest BCUT2D eigenvalue weighted by atomic mass is 10.3. The van der Waals surface area contributed by atoms with Gasteiger partial charge >= 0.3 is 5.97 Å². The van der Waals surface area contributed by atoms with Crippen molar-refractivity contribution in [1.82, 2.24) is 0 Å². The van der Waals surface area contributed by atoms with Crippen molar-refractivity contribution < 1.29 is 14.3 Å². The average molecular weight is 241 g/mol. The smallest absolute Gasteiger partial charge is 0.315 e. The Balaban J connectivity index is 2.17. The number of carbonyl (C=O) groups is 1. The van der Waals surface area contributed by atoms with Crippen molar-refractivity contribution >= 4 is 23.4 Å². The van der Waals surface area contributed by atoms with E-state index in [0.29, 0.717) is 23.8 Å². The van der Waals surface area contributed by atoms with E-state index in [1.54, 1.807) is 6.07 Å². The molecule has 1 aromatic carbocycles. The van der Waals surface area contributed by atoms with E-state index >= 15 is 0 Å². The fourth-order valence-electron chi connectivity index (χ4n) is 1.04. The van der Waals surface area contributed by atoms with Crippen LogP contribution in [0.2, 0.25) is 0 Å². The molecule has 0 bridgehead atoms. The Bertz CT molecular complexity index is 344. The second-order valence-electron chi connectivity index (χ2n) is 3.02. The molecule has 1 aromatic rings. The van der Waals surface area contributed by atoms with Crippen molar-refractivity contribution in [1.29, 1.82) is 0 Å². The first-order valence-electron chi connectivity index (χ1n) is 4.86. The molecule has 4 nitrogen and oxygen atoms in total. The number of hydrogen-bond donors (Lipinski definition) is 1. The van der Waals surface area contributed by atoms with E-state index in [1.165, 1.54) is 18.9 Å². The molecule has 0 aromatic heterocycles. The van der Waals surface area contributed by atoms with Crippen LogP contribution in [0.15, 0.2) is 24.3 Å². The van der Waals surface area contributed by atoms with Gasteiger partial charge in [0.05, 0.1) is 25.2 Å². The fraction of sp³-hybridized carbons (Fsp3) is 0.364. The number of anilines is 1. The standard InChI is InChI=1S/C11H15NO3S/c1-14-11(13)8-16-7-6-15-10-5-3-2-4-9(10)12/h2-5H,6-8,12H2,1H3. The maximum atomic E-state index is 10.8. The Morgan fingerprint density at radius 1 is 1.44 bits per heavy atom. The van der Waals surface area contributed by atoms with Crippen molar-refractivity contribution in [3.05, 3.63) is 24.3 Å². The minimum absolute atomic E-state index is 0.218. The van der Waals surface area contributed by atoms with Crippen molar-refractivity contribution in [2.24, 2.45) is 0 Å². The minimum Gasteiger partial charge on any atom is -0.491 e. The topological polar surface area (TPSA) is 61.5 Å². The van der Waals surface area contributed by atoms with Crippen LogP contribution >= 0.6 is 11.8 Å². The molecule has 0 amide bonds. The number of thioether (sulfide) groups is 1. The number of benzene rings is 1. The van der Waals surface area contributed by atoms with Crippen LogP contribution < -0.4 is 10.5 Å². The maximum Gasteiger partial charge on any atom is 0.315 e. The van der Waals surface area contributed by atoms with Crippen LogP contribution in [-0.2, 0) is 9.53 Å². The van der Waals surface area contributed by atoms with Gasteiger partial charge in [-0.3, -0.25) is 4.79 Å². The molecule has 0 fully saturated rings. The van der Waals surface area contributed by atoms with Gasteiger partial charge in [0, 0.05) is 5.75 Å². The molecule has 0 spiro atoms. The number of nitrogen functional groups attached to an aromatic ring is 1. The molecule has 0 saturated heterocycles. The summed E-state index contributed by atoms with van der Waals surface area (Å²) in [5, 5.41) is 0. The predicted octanol–water partition coefficient (Wildman–Crippen LogP) is 1.55. The summed E-state index contributed by atoms with van der Waals surface area (Å²) >= 11 is 1.47. The maximum absolute atomic E-state index is 10.8. The van der Waals surface area contributed by atoms with Gasteiger partial charge in [-0.15, -0.1) is 11.8 Å². The van der Waals surface area contributed by atoms with Crippen LogP contribution in [0.4, 0.5) is 5.69 Å². The zero-order valence-corrected chi connectivity index (χ0v) is 9.96. The number of carbonyl (C=O) groups excluding carboxylic acids is 1. The molecule has 88 valence electrons. The van der Waals surface area contributed by atoms with Gasteiger partial charge in [-0.1, -0.05) is 12.1 Å². The first-order valence-corrected chi connectivity index (χ1v) is 6.01. The largest absolute Gasteiger partial charge is 0.491 e. The van der Waals surface area contributed by atoms with Crippen LogP contribution in [0.3, 0.4) is 0 Å². The molecular weight excluding hydrogens is 226 g/mol. The highest BCUT2D eigenvalue weighted by Gasteiger charge is 2.01. The molecule has 2 N–H and O–H groups in total. The van der Waals surface area contributed by atoms with E-state index in [2.05, 4.69) is 4.74 Å². The van der Waals surface area contributed by atoms with Crippen LogP contribution in [0.25, 0.3) is 0 Å². The summed E-state index contributed by atoms with van der Waals surface area (Å²) in [6.45, 7) is 0.524. The Kier molecular flexibility index (Phi) is 5.56. The molecule has 5 heteroatoms. The van der Waals surface area contributed by atoms with Crippen LogP contribution in [-0.4, -0.2) is 31.2 Å². The summed E-state index contributed by atoms with van der Waals surface area (Å²) in [5.41, 5.74) is 6.32. The third-order valence-corrected chi connectivity index (χ3v) is 2.75. The van der Waals surface area contributed by atoms with Crippen molar-refractivity contribution in [2.75, 3.05) is 31.0 Å². The van der Waals surface area contributed by atoms with Crippen LogP contribution in [0.1, 0.15) is 0 Å². The van der Waals surface area contributed by atoms with Crippen molar-refractivity contribution in [3.63, 3.8) is 0 Å². The Morgan fingerprint density at radius 3 is 2.88 bits per heavy atom. The van der Waals surface area contributed by atoms with Gasteiger partial charge in [0.15, 0.2) is 0 Å². The van der Waals surface area contributed by atoms with E-state index in [9.17, 15) is 4.79 Å². The van der Waals surface area contributed by atoms with Gasteiger partial charge in [0.25, 0.3) is 0 Å². The van der Waals surface area contributed by atoms with Crippen molar-refractivity contribution in [2.45, 2.75) is 0 Å². The molecule has 0 aliphatic heterocycles. The second kappa shape index (κ2) is 7.00. The predicted molar refractivity (Wildman–Crippen MR) is 65.7 cm³/mol. The molecule has 0 aliphatic carbocycles. The Hall–Kier alpha value is -1.36. The first kappa shape index (κ1) is 12.7. The van der Waals surface area contributed by atoms with E-state index in [1.807, 2.05) is 18.2 Å². The average Bonchev–Trinajstić information content (AvgIpc) is 2.30. The van der Waals surface area contributed by atoms with Crippen molar-refractivity contribution in [3.8, 4) is 5.75 Å². The number of rotatable bonds is 6. The highest BCUT2D eigenvalue weighted by Crippen LogP contribution is 2.19. The zero-order valence-electron chi connectivity index (χ0n) is 9.14. The summed E-state index contributed by atoms with van der Waals surface area (Å²) in [6.07, 6.45) is 0. The third-order valence-electron chi connectivity index (χ3n) is 1.85. The quantitative estimate of drug-likeness (QED) is 0.465. The molecule has 0 atom stereocenters. The van der Waals surface area contributed by atoms with Gasteiger partial charge in [-0.05, 0) is 12.1 Å². The number of hydrogen-bond acceptors (Lipinski definition) is 5. The van der Waals surface area contributed by atoms with E-state index in [4.69, 9.17) is 10.5 Å². The Morgan fingerprint density at radius 2 is 2.19 bits per heavy atom. The minimum atomic E-state index is -0.218. The summed E-state index contributed by atoms with van der Waals surface area (Å²) in [7, 11) is 1.38. The molecule has 16 heavy (non-hydrogen) atoms. The monoisotopic (exact) mass is 241 g/mol. The normalized spacial score (nSPS) is 9.81. The number of esters is 1. The lowest BCUT2D eigenvalue weighted by molar-refractivity contribution is -0.137. The third kappa shape index (κ3) is 4.44.